The SMILES string of the molecule is CNC(=O)C1(C)CCN(c2cc(C#N)ccc2N)C1. The second-order valence-electron chi connectivity index (χ2n) is 5.20. The van der Waals surface area contributed by atoms with Gasteiger partial charge in [0.05, 0.1) is 28.4 Å². The molecule has 1 aromatic carbocycles. The summed E-state index contributed by atoms with van der Waals surface area (Å²) in [5, 5.41) is 11.7. The zero-order valence-corrected chi connectivity index (χ0v) is 11.2. The summed E-state index contributed by atoms with van der Waals surface area (Å²) < 4.78 is 0. The van der Waals surface area contributed by atoms with Crippen LogP contribution in [-0.4, -0.2) is 26.0 Å². The molecule has 1 atom stereocenters. The Hall–Kier alpha value is -2.22. The summed E-state index contributed by atoms with van der Waals surface area (Å²) in [7, 11) is 1.65. The topological polar surface area (TPSA) is 82.2 Å². The van der Waals surface area contributed by atoms with Crippen molar-refractivity contribution in [2.24, 2.45) is 5.41 Å². The Morgan fingerprint density at radius 2 is 2.32 bits per heavy atom. The molecule has 1 aliphatic heterocycles. The van der Waals surface area contributed by atoms with Gasteiger partial charge in [0.25, 0.3) is 0 Å². The van der Waals surface area contributed by atoms with Gasteiger partial charge in [-0.2, -0.15) is 5.26 Å². The Morgan fingerprint density at radius 3 is 2.95 bits per heavy atom. The molecule has 0 spiro atoms. The third-order valence-corrected chi connectivity index (χ3v) is 3.75. The highest BCUT2D eigenvalue weighted by Gasteiger charge is 2.40. The van der Waals surface area contributed by atoms with E-state index in [0.29, 0.717) is 17.8 Å². The second-order valence-corrected chi connectivity index (χ2v) is 5.20. The number of carbonyl (C=O) groups is 1. The maximum Gasteiger partial charge on any atom is 0.227 e. The van der Waals surface area contributed by atoms with Crippen LogP contribution in [0.5, 0.6) is 0 Å². The second kappa shape index (κ2) is 4.81. The number of rotatable bonds is 2. The lowest BCUT2D eigenvalue weighted by Gasteiger charge is -2.24. The van der Waals surface area contributed by atoms with E-state index in [4.69, 9.17) is 11.0 Å². The predicted molar refractivity (Wildman–Crippen MR) is 74.6 cm³/mol. The van der Waals surface area contributed by atoms with Gasteiger partial charge in [0.1, 0.15) is 0 Å². The van der Waals surface area contributed by atoms with Crippen molar-refractivity contribution in [2.75, 3.05) is 30.8 Å². The first-order chi connectivity index (χ1) is 9.00. The number of hydrogen-bond donors (Lipinski definition) is 2. The number of nitrogens with zero attached hydrogens (tertiary/aromatic N) is 2. The quantitative estimate of drug-likeness (QED) is 0.778. The number of amides is 1. The molecule has 1 amide bonds. The van der Waals surface area contributed by atoms with Gasteiger partial charge in [-0.05, 0) is 31.5 Å². The number of nitriles is 1. The fourth-order valence-electron chi connectivity index (χ4n) is 2.54. The summed E-state index contributed by atoms with van der Waals surface area (Å²) in [5.74, 6) is 0.0463. The number of nitrogens with one attached hydrogen (secondary N) is 1. The minimum atomic E-state index is -0.399. The minimum Gasteiger partial charge on any atom is -0.397 e. The molecule has 3 N–H and O–H groups in total. The molecule has 19 heavy (non-hydrogen) atoms. The van der Waals surface area contributed by atoms with Crippen molar-refractivity contribution in [3.63, 3.8) is 0 Å². The maximum absolute atomic E-state index is 11.9. The van der Waals surface area contributed by atoms with Gasteiger partial charge in [-0.25, -0.2) is 0 Å². The van der Waals surface area contributed by atoms with Crippen molar-refractivity contribution >= 4 is 17.3 Å². The van der Waals surface area contributed by atoms with Gasteiger partial charge in [0, 0.05) is 20.1 Å². The van der Waals surface area contributed by atoms with Gasteiger partial charge in [-0.1, -0.05) is 0 Å². The van der Waals surface area contributed by atoms with Crippen molar-refractivity contribution in [3.05, 3.63) is 23.8 Å². The van der Waals surface area contributed by atoms with Gasteiger partial charge in [-0.15, -0.1) is 0 Å². The lowest BCUT2D eigenvalue weighted by atomic mass is 9.89. The molecule has 0 radical (unpaired) electrons. The van der Waals surface area contributed by atoms with Crippen LogP contribution in [0.3, 0.4) is 0 Å². The van der Waals surface area contributed by atoms with Crippen LogP contribution in [0.15, 0.2) is 18.2 Å². The number of nitrogen functional groups attached to an aromatic ring is 1. The Morgan fingerprint density at radius 1 is 1.58 bits per heavy atom. The molecule has 0 aliphatic carbocycles. The minimum absolute atomic E-state index is 0.0463. The highest BCUT2D eigenvalue weighted by molar-refractivity contribution is 5.84. The molecule has 0 bridgehead atoms. The lowest BCUT2D eigenvalue weighted by Crippen LogP contribution is -2.39. The van der Waals surface area contributed by atoms with E-state index < -0.39 is 5.41 Å². The molecule has 1 heterocycles. The van der Waals surface area contributed by atoms with Gasteiger partial charge < -0.3 is 16.0 Å². The van der Waals surface area contributed by atoms with E-state index in [1.165, 1.54) is 0 Å². The van der Waals surface area contributed by atoms with Crippen LogP contribution in [0.2, 0.25) is 0 Å². The normalized spacial score (nSPS) is 22.1. The lowest BCUT2D eigenvalue weighted by molar-refractivity contribution is -0.128. The van der Waals surface area contributed by atoms with E-state index in [2.05, 4.69) is 16.3 Å². The van der Waals surface area contributed by atoms with Crippen LogP contribution in [0.4, 0.5) is 11.4 Å². The van der Waals surface area contributed by atoms with Crippen molar-refractivity contribution in [1.29, 1.82) is 5.26 Å². The monoisotopic (exact) mass is 258 g/mol. The van der Waals surface area contributed by atoms with E-state index in [-0.39, 0.29) is 5.91 Å². The number of nitrogens with two attached hydrogens (primary N) is 1. The third kappa shape index (κ3) is 2.34. The van der Waals surface area contributed by atoms with Crippen LogP contribution in [0.25, 0.3) is 0 Å². The van der Waals surface area contributed by atoms with Gasteiger partial charge in [-0.3, -0.25) is 4.79 Å². The molecule has 5 heteroatoms. The van der Waals surface area contributed by atoms with Crippen LogP contribution in [-0.2, 0) is 4.79 Å². The van der Waals surface area contributed by atoms with E-state index in [0.717, 1.165) is 18.7 Å². The van der Waals surface area contributed by atoms with E-state index in [9.17, 15) is 4.79 Å². The Labute approximate surface area is 113 Å². The van der Waals surface area contributed by atoms with Gasteiger partial charge >= 0.3 is 0 Å². The summed E-state index contributed by atoms with van der Waals surface area (Å²) in [6, 6.07) is 7.33. The maximum atomic E-state index is 11.9. The summed E-state index contributed by atoms with van der Waals surface area (Å²) in [6.07, 6.45) is 0.781. The molecule has 1 fully saturated rings. The first-order valence-corrected chi connectivity index (χ1v) is 6.27. The van der Waals surface area contributed by atoms with Crippen molar-refractivity contribution in [3.8, 4) is 6.07 Å². The zero-order chi connectivity index (χ0) is 14.0. The number of anilines is 2. The number of carbonyl (C=O) groups excluding carboxylic acids is 1. The Balaban J connectivity index is 2.26. The first-order valence-electron chi connectivity index (χ1n) is 6.27. The van der Waals surface area contributed by atoms with Gasteiger partial charge in [0.15, 0.2) is 0 Å². The van der Waals surface area contributed by atoms with Crippen molar-refractivity contribution < 1.29 is 4.79 Å². The highest BCUT2D eigenvalue weighted by Crippen LogP contribution is 2.36. The molecule has 5 nitrogen and oxygen atoms in total. The summed E-state index contributed by atoms with van der Waals surface area (Å²) in [4.78, 5) is 14.0. The van der Waals surface area contributed by atoms with E-state index in [1.807, 2.05) is 6.92 Å². The van der Waals surface area contributed by atoms with E-state index in [1.54, 1.807) is 25.2 Å². The fourth-order valence-corrected chi connectivity index (χ4v) is 2.54. The molecule has 1 saturated heterocycles. The molecule has 0 aromatic heterocycles. The summed E-state index contributed by atoms with van der Waals surface area (Å²) in [6.45, 7) is 3.34. The van der Waals surface area contributed by atoms with E-state index >= 15 is 0 Å². The average molecular weight is 258 g/mol. The number of hydrogen-bond acceptors (Lipinski definition) is 4. The van der Waals surface area contributed by atoms with Crippen LogP contribution >= 0.6 is 0 Å². The van der Waals surface area contributed by atoms with Crippen molar-refractivity contribution in [2.45, 2.75) is 13.3 Å². The average Bonchev–Trinajstić information content (AvgIpc) is 2.82. The fraction of sp³-hybridized carbons (Fsp3) is 0.429. The van der Waals surface area contributed by atoms with Crippen LogP contribution in [0.1, 0.15) is 18.9 Å². The smallest absolute Gasteiger partial charge is 0.227 e. The van der Waals surface area contributed by atoms with Crippen LogP contribution in [0, 0.1) is 16.7 Å². The molecule has 2 rings (SSSR count). The number of benzene rings is 1. The first kappa shape index (κ1) is 13.2. The molecular formula is C14H18N4O. The Kier molecular flexibility index (Phi) is 3.34. The van der Waals surface area contributed by atoms with Crippen LogP contribution < -0.4 is 16.0 Å². The molecule has 1 aromatic rings. The predicted octanol–water partition coefficient (Wildman–Crippen LogP) is 1.10. The molecule has 100 valence electrons. The highest BCUT2D eigenvalue weighted by atomic mass is 16.2. The molecule has 1 aliphatic rings. The molecule has 0 saturated carbocycles. The van der Waals surface area contributed by atoms with Crippen molar-refractivity contribution in [1.82, 2.24) is 5.32 Å². The summed E-state index contributed by atoms with van der Waals surface area (Å²) in [5.41, 5.74) is 7.63. The molecular weight excluding hydrogens is 240 g/mol. The van der Waals surface area contributed by atoms with Gasteiger partial charge in [0.2, 0.25) is 5.91 Å². The summed E-state index contributed by atoms with van der Waals surface area (Å²) >= 11 is 0. The molecule has 1 unspecified atom stereocenters. The Bertz CT molecular complexity index is 549. The zero-order valence-electron chi connectivity index (χ0n) is 11.2. The largest absolute Gasteiger partial charge is 0.397 e. The third-order valence-electron chi connectivity index (χ3n) is 3.75. The standard InChI is InChI=1S/C14H18N4O/c1-14(13(19)17-2)5-6-18(9-14)12-7-10(8-15)3-4-11(12)16/h3-4,7H,5-6,9,16H2,1-2H3,(H,17,19).